The van der Waals surface area contributed by atoms with E-state index in [2.05, 4.69) is 43.1 Å². The van der Waals surface area contributed by atoms with E-state index in [-0.39, 0.29) is 5.91 Å². The Labute approximate surface area is 176 Å². The fraction of sp³-hybridized carbons (Fsp3) is 0.880. The lowest BCUT2D eigenvalue weighted by Crippen LogP contribution is -2.29. The van der Waals surface area contributed by atoms with Gasteiger partial charge in [-0.15, -0.1) is 0 Å². The van der Waals surface area contributed by atoms with Crippen LogP contribution in [0.2, 0.25) is 0 Å². The van der Waals surface area contributed by atoms with Crippen molar-refractivity contribution in [3.63, 3.8) is 0 Å². The molecule has 0 heterocycles. The molecule has 0 saturated carbocycles. The minimum atomic E-state index is 0.233. The van der Waals surface area contributed by atoms with E-state index in [0.717, 1.165) is 39.0 Å². The Morgan fingerprint density at radius 1 is 0.714 bits per heavy atom. The van der Waals surface area contributed by atoms with Crippen molar-refractivity contribution >= 4 is 5.91 Å². The summed E-state index contributed by atoms with van der Waals surface area (Å²) in [7, 11) is 0. The molecule has 1 N–H and O–H groups in total. The normalized spacial score (nSPS) is 11.6. The smallest absolute Gasteiger partial charge is 0.219 e. The Hall–Kier alpha value is -0.830. The van der Waals surface area contributed by atoms with Crippen LogP contribution in [-0.2, 0) is 4.79 Å². The van der Waals surface area contributed by atoms with Crippen molar-refractivity contribution in [2.75, 3.05) is 26.2 Å². The largest absolute Gasteiger partial charge is 0.356 e. The Bertz CT molecular complexity index is 350. The number of hydrogen-bond donors (Lipinski definition) is 1. The summed E-state index contributed by atoms with van der Waals surface area (Å²) in [5.74, 6) is 0.233. The van der Waals surface area contributed by atoms with E-state index >= 15 is 0 Å². The van der Waals surface area contributed by atoms with Crippen molar-refractivity contribution in [3.8, 4) is 0 Å². The number of rotatable bonds is 21. The van der Waals surface area contributed by atoms with Gasteiger partial charge < -0.3 is 10.2 Å². The van der Waals surface area contributed by atoms with Crippen molar-refractivity contribution in [1.82, 2.24) is 10.2 Å². The lowest BCUT2D eigenvalue weighted by Gasteiger charge is -2.17. The van der Waals surface area contributed by atoms with Gasteiger partial charge in [-0.1, -0.05) is 84.3 Å². The molecule has 3 nitrogen and oxygen atoms in total. The number of carbonyl (C=O) groups excluding carboxylic acids is 1. The topological polar surface area (TPSA) is 32.3 Å². The quantitative estimate of drug-likeness (QED) is 0.170. The average molecular weight is 395 g/mol. The number of amides is 1. The molecule has 0 radical (unpaired) electrons. The van der Waals surface area contributed by atoms with E-state index in [0.29, 0.717) is 6.42 Å². The van der Waals surface area contributed by atoms with Crippen molar-refractivity contribution < 1.29 is 4.79 Å². The lowest BCUT2D eigenvalue weighted by molar-refractivity contribution is -0.121. The fourth-order valence-corrected chi connectivity index (χ4v) is 3.51. The molecule has 0 rings (SSSR count). The number of carbonyl (C=O) groups is 1. The van der Waals surface area contributed by atoms with E-state index in [1.807, 2.05) is 0 Å². The van der Waals surface area contributed by atoms with E-state index in [9.17, 15) is 4.79 Å². The van der Waals surface area contributed by atoms with Gasteiger partial charge in [0, 0.05) is 13.0 Å². The highest BCUT2D eigenvalue weighted by atomic mass is 16.1. The molecule has 3 heteroatoms. The molecule has 0 aromatic rings. The Balaban J connectivity index is 3.27. The molecule has 0 saturated heterocycles. The molecule has 0 spiro atoms. The van der Waals surface area contributed by atoms with Crippen LogP contribution >= 0.6 is 0 Å². The van der Waals surface area contributed by atoms with Gasteiger partial charge in [0.2, 0.25) is 5.91 Å². The van der Waals surface area contributed by atoms with Gasteiger partial charge in [0.15, 0.2) is 0 Å². The Morgan fingerprint density at radius 2 is 1.25 bits per heavy atom. The molecule has 1 amide bonds. The van der Waals surface area contributed by atoms with Crippen LogP contribution in [0.3, 0.4) is 0 Å². The first kappa shape index (κ1) is 27.2. The average Bonchev–Trinajstić information content (AvgIpc) is 2.71. The van der Waals surface area contributed by atoms with Crippen molar-refractivity contribution in [1.29, 1.82) is 0 Å². The second-order valence-corrected chi connectivity index (χ2v) is 8.06. The van der Waals surface area contributed by atoms with Crippen molar-refractivity contribution in [2.24, 2.45) is 0 Å². The zero-order chi connectivity index (χ0) is 20.7. The van der Waals surface area contributed by atoms with E-state index in [4.69, 9.17) is 0 Å². The molecule has 0 aliphatic carbocycles. The van der Waals surface area contributed by atoms with Crippen molar-refractivity contribution in [2.45, 2.75) is 117 Å². The maximum absolute atomic E-state index is 11.8. The lowest BCUT2D eigenvalue weighted by atomic mass is 10.1. The summed E-state index contributed by atoms with van der Waals surface area (Å²) < 4.78 is 0. The molecule has 28 heavy (non-hydrogen) atoms. The summed E-state index contributed by atoms with van der Waals surface area (Å²) in [5, 5.41) is 3.06. The second kappa shape index (κ2) is 22.5. The number of hydrogen-bond acceptors (Lipinski definition) is 2. The van der Waals surface area contributed by atoms with Crippen LogP contribution in [0.4, 0.5) is 0 Å². The van der Waals surface area contributed by atoms with Crippen LogP contribution in [-0.4, -0.2) is 37.0 Å². The number of nitrogens with zero attached hydrogens (tertiary/aromatic N) is 1. The van der Waals surface area contributed by atoms with Crippen LogP contribution in [0.15, 0.2) is 12.2 Å². The molecule has 0 aliphatic heterocycles. The monoisotopic (exact) mass is 394 g/mol. The first-order valence-electron chi connectivity index (χ1n) is 12.4. The molecule has 0 aromatic heterocycles. The highest BCUT2D eigenvalue weighted by Gasteiger charge is 2.02. The first-order chi connectivity index (χ1) is 13.7. The van der Waals surface area contributed by atoms with E-state index < -0.39 is 0 Å². The standard InChI is InChI=1S/C25H50N2O/c1-4-7-8-9-10-11-12-13-14-15-16-17-18-19-20-22-25(28)26-23-21-24-27(5-2)6-3/h13-14H,4-12,15-24H2,1-3H3,(H,26,28)/b14-13-. The minimum absolute atomic E-state index is 0.233. The molecule has 0 fully saturated rings. The van der Waals surface area contributed by atoms with E-state index in [1.54, 1.807) is 0 Å². The van der Waals surface area contributed by atoms with Crippen LogP contribution in [0.1, 0.15) is 117 Å². The summed E-state index contributed by atoms with van der Waals surface area (Å²) in [6, 6.07) is 0. The number of allylic oxidation sites excluding steroid dienone is 2. The van der Waals surface area contributed by atoms with Crippen LogP contribution in [0.25, 0.3) is 0 Å². The van der Waals surface area contributed by atoms with Gasteiger partial charge in [0.05, 0.1) is 0 Å². The van der Waals surface area contributed by atoms with Gasteiger partial charge in [0.1, 0.15) is 0 Å². The summed E-state index contributed by atoms with van der Waals surface area (Å²) in [4.78, 5) is 14.2. The number of nitrogens with one attached hydrogen (secondary N) is 1. The highest BCUT2D eigenvalue weighted by molar-refractivity contribution is 5.75. The summed E-state index contributed by atoms with van der Waals surface area (Å²) >= 11 is 0. The highest BCUT2D eigenvalue weighted by Crippen LogP contribution is 2.10. The second-order valence-electron chi connectivity index (χ2n) is 8.06. The predicted octanol–water partition coefficient (Wildman–Crippen LogP) is 6.87. The molecule has 0 aromatic carbocycles. The minimum Gasteiger partial charge on any atom is -0.356 e. The predicted molar refractivity (Wildman–Crippen MR) is 125 cm³/mol. The third-order valence-electron chi connectivity index (χ3n) is 5.53. The molecule has 0 aliphatic rings. The van der Waals surface area contributed by atoms with Gasteiger partial charge in [-0.05, 0) is 58.2 Å². The fourth-order valence-electron chi connectivity index (χ4n) is 3.51. The third kappa shape index (κ3) is 19.9. The van der Waals surface area contributed by atoms with Gasteiger partial charge in [-0.25, -0.2) is 0 Å². The maximum atomic E-state index is 11.8. The molecular formula is C25H50N2O. The summed E-state index contributed by atoms with van der Waals surface area (Å²) in [6.45, 7) is 10.7. The SMILES string of the molecule is CCCCCCCC/C=C\CCCCCCCC(=O)NCCCN(CC)CC. The Morgan fingerprint density at radius 3 is 1.82 bits per heavy atom. The zero-order valence-electron chi connectivity index (χ0n) is 19.4. The van der Waals surface area contributed by atoms with E-state index in [1.165, 1.54) is 77.0 Å². The summed E-state index contributed by atoms with van der Waals surface area (Å²) in [6.07, 6.45) is 23.4. The zero-order valence-corrected chi connectivity index (χ0v) is 19.4. The molecule has 0 unspecified atom stereocenters. The molecule has 0 bridgehead atoms. The van der Waals surface area contributed by atoms with Gasteiger partial charge in [0.25, 0.3) is 0 Å². The number of unbranched alkanes of at least 4 members (excludes halogenated alkanes) is 11. The summed E-state index contributed by atoms with van der Waals surface area (Å²) in [5.41, 5.74) is 0. The maximum Gasteiger partial charge on any atom is 0.219 e. The molecule has 166 valence electrons. The van der Waals surface area contributed by atoms with Gasteiger partial charge >= 0.3 is 0 Å². The van der Waals surface area contributed by atoms with Gasteiger partial charge in [-0.2, -0.15) is 0 Å². The molecular weight excluding hydrogens is 344 g/mol. The Kier molecular flexibility index (Phi) is 21.8. The first-order valence-corrected chi connectivity index (χ1v) is 12.4. The van der Waals surface area contributed by atoms with Crippen molar-refractivity contribution in [3.05, 3.63) is 12.2 Å². The van der Waals surface area contributed by atoms with Gasteiger partial charge in [-0.3, -0.25) is 4.79 Å². The van der Waals surface area contributed by atoms with Crippen LogP contribution in [0, 0.1) is 0 Å². The third-order valence-corrected chi connectivity index (χ3v) is 5.53. The van der Waals surface area contributed by atoms with Crippen LogP contribution in [0.5, 0.6) is 0 Å². The van der Waals surface area contributed by atoms with Crippen LogP contribution < -0.4 is 5.32 Å². The molecule has 0 atom stereocenters.